The summed E-state index contributed by atoms with van der Waals surface area (Å²) in [6.45, 7) is 4.26. The fourth-order valence-corrected chi connectivity index (χ4v) is 2.74. The van der Waals surface area contributed by atoms with E-state index in [4.69, 9.17) is 0 Å². The van der Waals surface area contributed by atoms with Crippen molar-refractivity contribution in [2.45, 2.75) is 45.2 Å². The van der Waals surface area contributed by atoms with Crippen LogP contribution in [-0.2, 0) is 0 Å². The monoisotopic (exact) mass is 247 g/mol. The van der Waals surface area contributed by atoms with Crippen LogP contribution >= 0.6 is 0 Å². The van der Waals surface area contributed by atoms with Crippen LogP contribution in [0.15, 0.2) is 18.3 Å². The third-order valence-electron chi connectivity index (χ3n) is 3.70. The smallest absolute Gasteiger partial charge is 0.258 e. The molecule has 1 saturated heterocycles. The van der Waals surface area contributed by atoms with Gasteiger partial charge in [0.1, 0.15) is 5.82 Å². The molecule has 0 bridgehead atoms. The highest BCUT2D eigenvalue weighted by molar-refractivity contribution is 5.99. The highest BCUT2D eigenvalue weighted by Crippen LogP contribution is 2.26. The van der Waals surface area contributed by atoms with E-state index in [0.717, 1.165) is 12.8 Å². The van der Waals surface area contributed by atoms with Crippen LogP contribution in [0, 0.1) is 0 Å². The van der Waals surface area contributed by atoms with Gasteiger partial charge in [-0.15, -0.1) is 0 Å². The number of rotatable bonds is 2. The summed E-state index contributed by atoms with van der Waals surface area (Å²) in [6, 6.07) is 4.28. The number of nitrogens with one attached hydrogen (secondary N) is 1. The lowest BCUT2D eigenvalue weighted by molar-refractivity contribution is 0.0511. The van der Waals surface area contributed by atoms with Gasteiger partial charge in [-0.05, 0) is 45.2 Å². The zero-order valence-electron chi connectivity index (χ0n) is 11.3. The predicted octanol–water partition coefficient (Wildman–Crippen LogP) is 2.53. The molecule has 0 aliphatic carbocycles. The first-order valence-electron chi connectivity index (χ1n) is 6.60. The van der Waals surface area contributed by atoms with Gasteiger partial charge in [0, 0.05) is 25.3 Å². The number of carbonyl (C=O) groups excluding carboxylic acids is 1. The van der Waals surface area contributed by atoms with Crippen LogP contribution in [0.3, 0.4) is 0 Å². The van der Waals surface area contributed by atoms with E-state index in [-0.39, 0.29) is 5.91 Å². The van der Waals surface area contributed by atoms with E-state index < -0.39 is 0 Å². The van der Waals surface area contributed by atoms with E-state index in [9.17, 15) is 4.79 Å². The zero-order valence-corrected chi connectivity index (χ0v) is 11.3. The van der Waals surface area contributed by atoms with Crippen molar-refractivity contribution in [3.05, 3.63) is 23.9 Å². The first kappa shape index (κ1) is 12.9. The molecule has 18 heavy (non-hydrogen) atoms. The Hall–Kier alpha value is -1.58. The Morgan fingerprint density at radius 2 is 2.06 bits per heavy atom. The summed E-state index contributed by atoms with van der Waals surface area (Å²) in [6.07, 6.45) is 5.08. The second-order valence-corrected chi connectivity index (χ2v) is 4.99. The SMILES string of the molecule is CNc1ncccc1C(=O)N1[C@H](C)CCC[C@@H]1C. The van der Waals surface area contributed by atoms with Crippen LogP contribution in [0.1, 0.15) is 43.5 Å². The van der Waals surface area contributed by atoms with Crippen molar-refractivity contribution >= 4 is 11.7 Å². The van der Waals surface area contributed by atoms with Crippen LogP contribution in [0.5, 0.6) is 0 Å². The molecule has 0 radical (unpaired) electrons. The average molecular weight is 247 g/mol. The highest BCUT2D eigenvalue weighted by Gasteiger charge is 2.30. The van der Waals surface area contributed by atoms with Crippen LogP contribution < -0.4 is 5.32 Å². The van der Waals surface area contributed by atoms with E-state index >= 15 is 0 Å². The number of aromatic nitrogens is 1. The van der Waals surface area contributed by atoms with Gasteiger partial charge in [0.2, 0.25) is 0 Å². The number of likely N-dealkylation sites (tertiary alicyclic amines) is 1. The van der Waals surface area contributed by atoms with E-state index in [0.29, 0.717) is 23.5 Å². The molecule has 2 heterocycles. The Morgan fingerprint density at radius 3 is 2.67 bits per heavy atom. The molecule has 1 fully saturated rings. The minimum absolute atomic E-state index is 0.0900. The lowest BCUT2D eigenvalue weighted by Crippen LogP contribution is -2.47. The van der Waals surface area contributed by atoms with Crippen molar-refractivity contribution in [1.82, 2.24) is 9.88 Å². The van der Waals surface area contributed by atoms with E-state index in [1.807, 2.05) is 17.0 Å². The minimum atomic E-state index is 0.0900. The second kappa shape index (κ2) is 5.38. The van der Waals surface area contributed by atoms with E-state index in [1.165, 1.54) is 6.42 Å². The molecule has 1 aliphatic heterocycles. The molecule has 2 rings (SSSR count). The van der Waals surface area contributed by atoms with Gasteiger partial charge < -0.3 is 10.2 Å². The van der Waals surface area contributed by atoms with Crippen LogP contribution in [0.4, 0.5) is 5.82 Å². The molecule has 1 aromatic rings. The van der Waals surface area contributed by atoms with Crippen LogP contribution in [0.25, 0.3) is 0 Å². The van der Waals surface area contributed by atoms with Gasteiger partial charge in [0.05, 0.1) is 5.56 Å². The summed E-state index contributed by atoms with van der Waals surface area (Å²) in [5, 5.41) is 2.99. The van der Waals surface area contributed by atoms with Gasteiger partial charge in [-0.1, -0.05) is 0 Å². The van der Waals surface area contributed by atoms with Gasteiger partial charge in [0.25, 0.3) is 5.91 Å². The first-order valence-corrected chi connectivity index (χ1v) is 6.60. The zero-order chi connectivity index (χ0) is 13.1. The van der Waals surface area contributed by atoms with Crippen molar-refractivity contribution in [2.24, 2.45) is 0 Å². The molecular weight excluding hydrogens is 226 g/mol. The Bertz CT molecular complexity index is 423. The topological polar surface area (TPSA) is 45.2 Å². The third kappa shape index (κ3) is 2.33. The van der Waals surface area contributed by atoms with Crippen molar-refractivity contribution in [1.29, 1.82) is 0 Å². The maximum atomic E-state index is 12.6. The Morgan fingerprint density at radius 1 is 1.39 bits per heavy atom. The molecule has 1 aromatic heterocycles. The van der Waals surface area contributed by atoms with Crippen LogP contribution in [-0.4, -0.2) is 34.9 Å². The number of anilines is 1. The van der Waals surface area contributed by atoms with Gasteiger partial charge in [-0.3, -0.25) is 4.79 Å². The van der Waals surface area contributed by atoms with Crippen molar-refractivity contribution < 1.29 is 4.79 Å². The number of nitrogens with zero attached hydrogens (tertiary/aromatic N) is 2. The van der Waals surface area contributed by atoms with Crippen molar-refractivity contribution in [3.63, 3.8) is 0 Å². The Balaban J connectivity index is 2.29. The third-order valence-corrected chi connectivity index (χ3v) is 3.70. The number of amides is 1. The lowest BCUT2D eigenvalue weighted by Gasteiger charge is -2.39. The summed E-state index contributed by atoms with van der Waals surface area (Å²) < 4.78 is 0. The number of piperidine rings is 1. The average Bonchev–Trinajstić information content (AvgIpc) is 2.38. The number of pyridine rings is 1. The molecule has 98 valence electrons. The molecule has 1 N–H and O–H groups in total. The minimum Gasteiger partial charge on any atom is -0.372 e. The summed E-state index contributed by atoms with van der Waals surface area (Å²) >= 11 is 0. The second-order valence-electron chi connectivity index (χ2n) is 4.99. The molecule has 1 aliphatic rings. The molecule has 0 saturated carbocycles. The fraction of sp³-hybridized carbons (Fsp3) is 0.571. The first-order chi connectivity index (χ1) is 8.65. The molecule has 2 atom stereocenters. The summed E-state index contributed by atoms with van der Waals surface area (Å²) in [5.41, 5.74) is 0.667. The van der Waals surface area contributed by atoms with Crippen molar-refractivity contribution in [2.75, 3.05) is 12.4 Å². The predicted molar refractivity (Wildman–Crippen MR) is 72.7 cm³/mol. The van der Waals surface area contributed by atoms with Gasteiger partial charge in [0.15, 0.2) is 0 Å². The molecule has 0 unspecified atom stereocenters. The molecular formula is C14H21N3O. The molecule has 1 amide bonds. The Labute approximate surface area is 108 Å². The summed E-state index contributed by atoms with van der Waals surface area (Å²) in [7, 11) is 1.79. The standard InChI is InChI=1S/C14H21N3O/c1-10-6-4-7-11(2)17(10)14(18)12-8-5-9-16-13(12)15-3/h5,8-11H,4,6-7H2,1-3H3,(H,15,16)/t10-,11+. The molecule has 4 heteroatoms. The summed E-state index contributed by atoms with van der Waals surface area (Å²) in [5.74, 6) is 0.750. The maximum absolute atomic E-state index is 12.6. The summed E-state index contributed by atoms with van der Waals surface area (Å²) in [4.78, 5) is 18.9. The quantitative estimate of drug-likeness (QED) is 0.873. The number of hydrogen-bond donors (Lipinski definition) is 1. The lowest BCUT2D eigenvalue weighted by atomic mass is 9.96. The van der Waals surface area contributed by atoms with Gasteiger partial charge in [-0.2, -0.15) is 0 Å². The Kier molecular flexibility index (Phi) is 3.84. The number of hydrogen-bond acceptors (Lipinski definition) is 3. The molecule has 4 nitrogen and oxygen atoms in total. The van der Waals surface area contributed by atoms with Gasteiger partial charge in [-0.25, -0.2) is 4.98 Å². The van der Waals surface area contributed by atoms with Crippen molar-refractivity contribution in [3.8, 4) is 0 Å². The molecule has 0 spiro atoms. The maximum Gasteiger partial charge on any atom is 0.258 e. The van der Waals surface area contributed by atoms with E-state index in [2.05, 4.69) is 24.1 Å². The number of carbonyl (C=O) groups is 1. The highest BCUT2D eigenvalue weighted by atomic mass is 16.2. The molecule has 0 aromatic carbocycles. The fourth-order valence-electron chi connectivity index (χ4n) is 2.74. The van der Waals surface area contributed by atoms with Crippen LogP contribution in [0.2, 0.25) is 0 Å². The van der Waals surface area contributed by atoms with Gasteiger partial charge >= 0.3 is 0 Å². The normalized spacial score (nSPS) is 23.8. The largest absolute Gasteiger partial charge is 0.372 e. The van der Waals surface area contributed by atoms with E-state index in [1.54, 1.807) is 13.2 Å².